The van der Waals surface area contributed by atoms with Gasteiger partial charge in [0.25, 0.3) is 5.91 Å². The van der Waals surface area contributed by atoms with E-state index >= 15 is 0 Å². The van der Waals surface area contributed by atoms with E-state index in [0.717, 1.165) is 24.8 Å². The molecule has 3 rings (SSSR count). The number of carbonyl (C=O) groups excluding carboxylic acids is 1. The van der Waals surface area contributed by atoms with Crippen LogP contribution in [0.5, 0.6) is 0 Å². The van der Waals surface area contributed by atoms with Crippen molar-refractivity contribution in [1.82, 2.24) is 19.9 Å². The second kappa shape index (κ2) is 6.24. The lowest BCUT2D eigenvalue weighted by Gasteiger charge is -2.32. The van der Waals surface area contributed by atoms with Crippen molar-refractivity contribution in [3.05, 3.63) is 17.5 Å². The van der Waals surface area contributed by atoms with Gasteiger partial charge in [0.05, 0.1) is 5.39 Å². The highest BCUT2D eigenvalue weighted by Gasteiger charge is 2.23. The van der Waals surface area contributed by atoms with E-state index in [1.165, 1.54) is 0 Å². The highest BCUT2D eigenvalue weighted by atomic mass is 35.5. The summed E-state index contributed by atoms with van der Waals surface area (Å²) in [6.45, 7) is 3.03. The molecule has 2 N–H and O–H groups in total. The Morgan fingerprint density at radius 3 is 3.23 bits per heavy atom. The minimum atomic E-state index is -0.124. The second-order valence-corrected chi connectivity index (χ2v) is 5.53. The van der Waals surface area contributed by atoms with E-state index in [4.69, 9.17) is 11.6 Å². The lowest BCUT2D eigenvalue weighted by molar-refractivity contribution is -0.126. The normalized spacial score (nSPS) is 17.9. The maximum Gasteiger partial charge on any atom is 0.298 e. The molecular weight excluding hydrogens is 302 g/mol. The van der Waals surface area contributed by atoms with Gasteiger partial charge in [-0.1, -0.05) is 5.92 Å². The van der Waals surface area contributed by atoms with Crippen LogP contribution in [0, 0.1) is 11.8 Å². The predicted octanol–water partition coefficient (Wildman–Crippen LogP) is 2.04. The number of carbonyl (C=O) groups is 1. The van der Waals surface area contributed by atoms with Gasteiger partial charge in [-0.05, 0) is 43.4 Å². The minimum Gasteiger partial charge on any atom is -0.365 e. The Morgan fingerprint density at radius 1 is 1.55 bits per heavy atom. The molecule has 1 fully saturated rings. The molecule has 0 bridgehead atoms. The van der Waals surface area contributed by atoms with Gasteiger partial charge in [0.2, 0.25) is 5.28 Å². The third kappa shape index (κ3) is 3.00. The summed E-state index contributed by atoms with van der Waals surface area (Å²) >= 11 is 5.95. The predicted molar refractivity (Wildman–Crippen MR) is 85.6 cm³/mol. The van der Waals surface area contributed by atoms with Crippen molar-refractivity contribution in [3.8, 4) is 11.8 Å². The Labute approximate surface area is 133 Å². The summed E-state index contributed by atoms with van der Waals surface area (Å²) in [5, 5.41) is 4.46. The van der Waals surface area contributed by atoms with Crippen LogP contribution in [0.2, 0.25) is 5.28 Å². The number of nitrogens with one attached hydrogen (secondary N) is 2. The van der Waals surface area contributed by atoms with Crippen LogP contribution in [-0.2, 0) is 4.79 Å². The molecule has 0 spiro atoms. The third-order valence-electron chi connectivity index (χ3n) is 3.67. The number of aromatic amines is 1. The molecule has 114 valence electrons. The van der Waals surface area contributed by atoms with E-state index in [-0.39, 0.29) is 17.2 Å². The quantitative estimate of drug-likeness (QED) is 0.656. The first-order valence-electron chi connectivity index (χ1n) is 7.16. The molecule has 1 atom stereocenters. The molecule has 3 heterocycles. The minimum absolute atomic E-state index is 0.124. The highest BCUT2D eigenvalue weighted by molar-refractivity contribution is 6.28. The Balaban J connectivity index is 1.78. The number of hydrogen-bond acceptors (Lipinski definition) is 4. The first-order valence-corrected chi connectivity index (χ1v) is 7.54. The van der Waals surface area contributed by atoms with Crippen LogP contribution in [-0.4, -0.2) is 44.9 Å². The number of H-pyrrole nitrogens is 1. The maximum atomic E-state index is 11.9. The van der Waals surface area contributed by atoms with Crippen molar-refractivity contribution in [2.24, 2.45) is 0 Å². The topological polar surface area (TPSA) is 73.9 Å². The summed E-state index contributed by atoms with van der Waals surface area (Å²) in [5.74, 6) is 5.81. The zero-order valence-electron chi connectivity index (χ0n) is 12.2. The zero-order chi connectivity index (χ0) is 15.5. The Kier molecular flexibility index (Phi) is 4.16. The summed E-state index contributed by atoms with van der Waals surface area (Å²) in [7, 11) is 0. The van der Waals surface area contributed by atoms with Gasteiger partial charge in [0.1, 0.15) is 11.5 Å². The SMILES string of the molecule is CC#CC(=O)N1CCCC(Nc2nc(Cl)nc3[nH]ccc23)C1. The third-order valence-corrected chi connectivity index (χ3v) is 3.84. The van der Waals surface area contributed by atoms with E-state index in [2.05, 4.69) is 32.1 Å². The fraction of sp³-hybridized carbons (Fsp3) is 0.400. The first kappa shape index (κ1) is 14.7. The number of likely N-dealkylation sites (tertiary alicyclic amines) is 1. The van der Waals surface area contributed by atoms with Crippen LogP contribution in [0.4, 0.5) is 5.82 Å². The molecule has 2 aromatic heterocycles. The highest BCUT2D eigenvalue weighted by Crippen LogP contribution is 2.23. The van der Waals surface area contributed by atoms with Crippen LogP contribution in [0.3, 0.4) is 0 Å². The summed E-state index contributed by atoms with van der Waals surface area (Å²) in [4.78, 5) is 25.1. The summed E-state index contributed by atoms with van der Waals surface area (Å²) in [6.07, 6.45) is 3.70. The summed E-state index contributed by atoms with van der Waals surface area (Å²) < 4.78 is 0. The lowest BCUT2D eigenvalue weighted by atomic mass is 10.1. The van der Waals surface area contributed by atoms with Crippen LogP contribution >= 0.6 is 11.6 Å². The second-order valence-electron chi connectivity index (χ2n) is 5.19. The van der Waals surface area contributed by atoms with E-state index in [1.54, 1.807) is 18.0 Å². The molecule has 1 aliphatic heterocycles. The lowest BCUT2D eigenvalue weighted by Crippen LogP contribution is -2.44. The Morgan fingerprint density at radius 2 is 2.41 bits per heavy atom. The number of nitrogens with zero attached hydrogens (tertiary/aromatic N) is 3. The average molecular weight is 318 g/mol. The number of halogens is 1. The van der Waals surface area contributed by atoms with Crippen molar-refractivity contribution >= 4 is 34.4 Å². The van der Waals surface area contributed by atoms with E-state index < -0.39 is 0 Å². The van der Waals surface area contributed by atoms with Crippen molar-refractivity contribution in [1.29, 1.82) is 0 Å². The number of fused-ring (bicyclic) bond motifs is 1. The van der Waals surface area contributed by atoms with Gasteiger partial charge < -0.3 is 15.2 Å². The molecule has 7 heteroatoms. The summed E-state index contributed by atoms with van der Waals surface area (Å²) in [5.41, 5.74) is 0.697. The largest absolute Gasteiger partial charge is 0.365 e. The van der Waals surface area contributed by atoms with E-state index in [9.17, 15) is 4.79 Å². The average Bonchev–Trinajstić information content (AvgIpc) is 2.96. The number of piperidine rings is 1. The van der Waals surface area contributed by atoms with Crippen LogP contribution in [0.1, 0.15) is 19.8 Å². The molecule has 0 aromatic carbocycles. The van der Waals surface area contributed by atoms with Crippen LogP contribution < -0.4 is 5.32 Å². The molecule has 0 aliphatic carbocycles. The van der Waals surface area contributed by atoms with Gasteiger partial charge >= 0.3 is 0 Å². The Hall–Kier alpha value is -2.26. The number of anilines is 1. The van der Waals surface area contributed by atoms with Crippen molar-refractivity contribution in [3.63, 3.8) is 0 Å². The fourth-order valence-corrected chi connectivity index (χ4v) is 2.85. The Bertz CT molecular complexity index is 760. The van der Waals surface area contributed by atoms with Crippen molar-refractivity contribution in [2.75, 3.05) is 18.4 Å². The summed E-state index contributed by atoms with van der Waals surface area (Å²) in [6, 6.07) is 2.03. The first-order chi connectivity index (χ1) is 10.7. The van der Waals surface area contributed by atoms with Crippen LogP contribution in [0.15, 0.2) is 12.3 Å². The smallest absolute Gasteiger partial charge is 0.298 e. The molecule has 1 aliphatic rings. The van der Waals surface area contributed by atoms with Gasteiger partial charge in [-0.2, -0.15) is 4.98 Å². The monoisotopic (exact) mass is 317 g/mol. The fourth-order valence-electron chi connectivity index (χ4n) is 2.68. The van der Waals surface area contributed by atoms with Gasteiger partial charge in [-0.3, -0.25) is 4.79 Å². The maximum absolute atomic E-state index is 11.9. The van der Waals surface area contributed by atoms with Crippen molar-refractivity contribution < 1.29 is 4.79 Å². The standard InChI is InChI=1S/C15H16ClN5O/c1-2-4-12(22)21-8-3-5-10(9-21)18-14-11-6-7-17-13(11)19-15(16)20-14/h6-7,10H,3,5,8-9H2,1H3,(H2,17,18,19,20). The van der Waals surface area contributed by atoms with Crippen molar-refractivity contribution in [2.45, 2.75) is 25.8 Å². The number of hydrogen-bond donors (Lipinski definition) is 2. The molecule has 22 heavy (non-hydrogen) atoms. The number of rotatable bonds is 2. The van der Waals surface area contributed by atoms with E-state index in [1.807, 2.05) is 6.07 Å². The molecule has 1 amide bonds. The molecule has 0 saturated carbocycles. The number of amides is 1. The molecular formula is C15H16ClN5O. The van der Waals surface area contributed by atoms with E-state index in [0.29, 0.717) is 18.0 Å². The molecule has 1 saturated heterocycles. The van der Waals surface area contributed by atoms with Crippen LogP contribution in [0.25, 0.3) is 11.0 Å². The van der Waals surface area contributed by atoms with Gasteiger partial charge in [0.15, 0.2) is 0 Å². The van der Waals surface area contributed by atoms with Gasteiger partial charge in [-0.15, -0.1) is 0 Å². The van der Waals surface area contributed by atoms with Gasteiger partial charge in [0, 0.05) is 25.3 Å². The number of aromatic nitrogens is 3. The zero-order valence-corrected chi connectivity index (χ0v) is 12.9. The molecule has 6 nitrogen and oxygen atoms in total. The molecule has 1 unspecified atom stereocenters. The molecule has 0 radical (unpaired) electrons. The molecule has 2 aromatic rings. The van der Waals surface area contributed by atoms with Gasteiger partial charge in [-0.25, -0.2) is 4.98 Å².